The molecule has 0 bridgehead atoms. The van der Waals surface area contributed by atoms with E-state index in [1.807, 2.05) is 0 Å². The predicted octanol–water partition coefficient (Wildman–Crippen LogP) is 4.09. The quantitative estimate of drug-likeness (QED) is 0.572. The molecule has 5 nitrogen and oxygen atoms in total. The molecule has 1 N–H and O–H groups in total. The third kappa shape index (κ3) is 5.43. The van der Waals surface area contributed by atoms with Gasteiger partial charge in [-0.2, -0.15) is 11.8 Å². The average molecular weight is 460 g/mol. The van der Waals surface area contributed by atoms with Crippen LogP contribution in [-0.2, 0) is 20.4 Å². The van der Waals surface area contributed by atoms with Gasteiger partial charge >= 0.3 is 0 Å². The molecule has 0 radical (unpaired) electrons. The molecular weight excluding hydrogens is 437 g/mol. The number of carbonyl (C=O) groups excluding carboxylic acids is 1. The second-order valence-electron chi connectivity index (χ2n) is 6.70. The van der Waals surface area contributed by atoms with Crippen molar-refractivity contribution in [2.75, 3.05) is 19.4 Å². The monoisotopic (exact) mass is 459 g/mol. The number of benzene rings is 2. The molecule has 0 aromatic heterocycles. The van der Waals surface area contributed by atoms with Crippen molar-refractivity contribution in [1.82, 2.24) is 5.32 Å². The molecule has 9 heteroatoms. The number of carbonyl (C=O) groups is 1. The Morgan fingerprint density at radius 1 is 1.21 bits per heavy atom. The highest BCUT2D eigenvalue weighted by Crippen LogP contribution is 2.27. The number of thioether (sulfide) groups is 1. The van der Waals surface area contributed by atoms with Crippen LogP contribution in [0.25, 0.3) is 0 Å². The van der Waals surface area contributed by atoms with Crippen molar-refractivity contribution < 1.29 is 22.3 Å². The van der Waals surface area contributed by atoms with E-state index in [0.717, 1.165) is 0 Å². The molecule has 29 heavy (non-hydrogen) atoms. The maximum Gasteiger partial charge on any atom is 0.241 e. The highest BCUT2D eigenvalue weighted by Gasteiger charge is 2.42. The van der Waals surface area contributed by atoms with Gasteiger partial charge in [0.2, 0.25) is 5.91 Å². The van der Waals surface area contributed by atoms with Crippen LogP contribution in [0.4, 0.5) is 4.39 Å². The molecule has 0 aliphatic carbocycles. The molecule has 1 amide bonds. The van der Waals surface area contributed by atoms with Gasteiger partial charge in [0, 0.05) is 28.6 Å². The number of methoxy groups -OCH3 is 1. The molecule has 0 spiro atoms. The minimum absolute atomic E-state index is 0.0435. The van der Waals surface area contributed by atoms with Crippen LogP contribution >= 0.6 is 23.4 Å². The van der Waals surface area contributed by atoms with E-state index in [1.54, 1.807) is 6.07 Å². The first kappa shape index (κ1) is 23.5. The summed E-state index contributed by atoms with van der Waals surface area (Å²) in [7, 11) is -2.42. The standard InChI is InChI=1S/C20H23ClFNO4S2/c1-20(2,29(25,26)15-9-7-14(27-3)8-10-15)19(24)23-11-12-28-13-16-17(21)5-4-6-18(16)22/h4-10H,11-13H2,1-3H3,(H,23,24). The summed E-state index contributed by atoms with van der Waals surface area (Å²) < 4.78 is 42.9. The zero-order valence-corrected chi connectivity index (χ0v) is 18.8. The summed E-state index contributed by atoms with van der Waals surface area (Å²) >= 11 is 7.38. The molecular formula is C20H23ClFNO4S2. The van der Waals surface area contributed by atoms with Crippen LogP contribution in [-0.4, -0.2) is 38.5 Å². The van der Waals surface area contributed by atoms with Gasteiger partial charge in [-0.1, -0.05) is 17.7 Å². The van der Waals surface area contributed by atoms with Crippen LogP contribution < -0.4 is 10.1 Å². The minimum Gasteiger partial charge on any atom is -0.497 e. The fourth-order valence-electron chi connectivity index (χ4n) is 2.47. The lowest BCUT2D eigenvalue weighted by atomic mass is 10.2. The average Bonchev–Trinajstić information content (AvgIpc) is 2.69. The first-order chi connectivity index (χ1) is 13.6. The van der Waals surface area contributed by atoms with E-state index >= 15 is 0 Å². The van der Waals surface area contributed by atoms with E-state index in [1.165, 1.54) is 69.1 Å². The molecule has 2 aromatic rings. The van der Waals surface area contributed by atoms with Gasteiger partial charge < -0.3 is 10.1 Å². The molecule has 0 aliphatic heterocycles. The van der Waals surface area contributed by atoms with Gasteiger partial charge in [0.1, 0.15) is 16.3 Å². The van der Waals surface area contributed by atoms with Crippen LogP contribution in [0.5, 0.6) is 5.75 Å². The Balaban J connectivity index is 1.93. The van der Waals surface area contributed by atoms with Gasteiger partial charge in [-0.05, 0) is 50.2 Å². The highest BCUT2D eigenvalue weighted by molar-refractivity contribution is 7.98. The second-order valence-corrected chi connectivity index (χ2v) is 10.7. The highest BCUT2D eigenvalue weighted by atomic mass is 35.5. The zero-order valence-electron chi connectivity index (χ0n) is 16.4. The van der Waals surface area contributed by atoms with Crippen LogP contribution in [0.3, 0.4) is 0 Å². The Kier molecular flexibility index (Phi) is 7.96. The number of hydrogen-bond donors (Lipinski definition) is 1. The fraction of sp³-hybridized carbons (Fsp3) is 0.350. The summed E-state index contributed by atoms with van der Waals surface area (Å²) in [5, 5.41) is 3.00. The Hall–Kier alpha value is -1.77. The summed E-state index contributed by atoms with van der Waals surface area (Å²) in [5.74, 6) is 0.390. The van der Waals surface area contributed by atoms with Crippen molar-refractivity contribution in [1.29, 1.82) is 0 Å². The van der Waals surface area contributed by atoms with Crippen LogP contribution in [0.2, 0.25) is 5.02 Å². The van der Waals surface area contributed by atoms with E-state index in [0.29, 0.717) is 27.8 Å². The molecule has 2 rings (SSSR count). The third-order valence-electron chi connectivity index (χ3n) is 4.43. The van der Waals surface area contributed by atoms with Gasteiger partial charge in [0.15, 0.2) is 9.84 Å². The van der Waals surface area contributed by atoms with E-state index in [4.69, 9.17) is 16.3 Å². The predicted molar refractivity (Wildman–Crippen MR) is 115 cm³/mol. The first-order valence-corrected chi connectivity index (χ1v) is 11.8. The van der Waals surface area contributed by atoms with Crippen molar-refractivity contribution in [3.63, 3.8) is 0 Å². The lowest BCUT2D eigenvalue weighted by Gasteiger charge is -2.24. The molecule has 0 saturated carbocycles. The number of halogens is 2. The lowest BCUT2D eigenvalue weighted by Crippen LogP contribution is -2.48. The molecule has 0 saturated heterocycles. The van der Waals surface area contributed by atoms with Crippen molar-refractivity contribution in [3.8, 4) is 5.75 Å². The zero-order chi connectivity index (χ0) is 21.7. The van der Waals surface area contributed by atoms with Crippen LogP contribution in [0, 0.1) is 5.82 Å². The number of amides is 1. The molecule has 0 heterocycles. The number of nitrogens with one attached hydrogen (secondary N) is 1. The molecule has 0 aliphatic rings. The number of rotatable bonds is 9. The number of ether oxygens (including phenoxy) is 1. The smallest absolute Gasteiger partial charge is 0.241 e. The summed E-state index contributed by atoms with van der Waals surface area (Å²) in [5.41, 5.74) is 0.410. The Labute approximate surface area is 179 Å². The van der Waals surface area contributed by atoms with Crippen molar-refractivity contribution in [2.45, 2.75) is 29.2 Å². The molecule has 0 unspecified atom stereocenters. The van der Waals surface area contributed by atoms with Gasteiger partial charge in [-0.3, -0.25) is 4.79 Å². The first-order valence-electron chi connectivity index (χ1n) is 8.79. The maximum absolute atomic E-state index is 13.7. The minimum atomic E-state index is -3.90. The fourth-order valence-corrected chi connectivity index (χ4v) is 5.06. The van der Waals surface area contributed by atoms with Crippen molar-refractivity contribution in [3.05, 3.63) is 58.9 Å². The third-order valence-corrected chi connectivity index (χ3v) is 8.19. The molecule has 0 atom stereocenters. The van der Waals surface area contributed by atoms with Gasteiger partial charge in [-0.15, -0.1) is 0 Å². The normalized spacial score (nSPS) is 11.9. The topological polar surface area (TPSA) is 72.5 Å². The lowest BCUT2D eigenvalue weighted by molar-refractivity contribution is -0.122. The van der Waals surface area contributed by atoms with Crippen LogP contribution in [0.15, 0.2) is 47.4 Å². The summed E-state index contributed by atoms with van der Waals surface area (Å²) in [6, 6.07) is 10.4. The number of sulfone groups is 1. The summed E-state index contributed by atoms with van der Waals surface area (Å²) in [6.07, 6.45) is 0. The SMILES string of the molecule is COc1ccc(S(=O)(=O)C(C)(C)C(=O)NCCSCc2c(F)cccc2Cl)cc1. The van der Waals surface area contributed by atoms with E-state index < -0.39 is 20.5 Å². The Morgan fingerprint density at radius 2 is 1.86 bits per heavy atom. The molecule has 0 fully saturated rings. The summed E-state index contributed by atoms with van der Waals surface area (Å²) in [6.45, 7) is 2.99. The van der Waals surface area contributed by atoms with Crippen molar-refractivity contribution in [2.24, 2.45) is 0 Å². The summed E-state index contributed by atoms with van der Waals surface area (Å²) in [4.78, 5) is 12.6. The van der Waals surface area contributed by atoms with E-state index in [9.17, 15) is 17.6 Å². The van der Waals surface area contributed by atoms with E-state index in [2.05, 4.69) is 5.32 Å². The van der Waals surface area contributed by atoms with Gasteiger partial charge in [0.05, 0.1) is 12.0 Å². The van der Waals surface area contributed by atoms with Crippen molar-refractivity contribution >= 4 is 39.1 Å². The molecule has 2 aromatic carbocycles. The van der Waals surface area contributed by atoms with Crippen LogP contribution in [0.1, 0.15) is 19.4 Å². The van der Waals surface area contributed by atoms with Gasteiger partial charge in [-0.25, -0.2) is 12.8 Å². The Bertz CT molecular complexity index is 943. The molecule has 158 valence electrons. The second kappa shape index (κ2) is 9.82. The number of hydrogen-bond acceptors (Lipinski definition) is 5. The largest absolute Gasteiger partial charge is 0.497 e. The van der Waals surface area contributed by atoms with E-state index in [-0.39, 0.29) is 17.3 Å². The Morgan fingerprint density at radius 3 is 2.45 bits per heavy atom. The maximum atomic E-state index is 13.7. The van der Waals surface area contributed by atoms with Gasteiger partial charge in [0.25, 0.3) is 0 Å².